The number of anilines is 3. The van der Waals surface area contributed by atoms with Crippen LogP contribution in [0, 0.1) is 0 Å². The second kappa shape index (κ2) is 13.7. The van der Waals surface area contributed by atoms with E-state index in [1.54, 1.807) is 0 Å². The van der Waals surface area contributed by atoms with E-state index in [0.717, 1.165) is 39.0 Å². The first-order valence-electron chi connectivity index (χ1n) is 23.1. The molecule has 1 atom stereocenters. The molecule has 1 spiro atoms. The molecule has 2 nitrogen and oxygen atoms in total. The van der Waals surface area contributed by atoms with Crippen molar-refractivity contribution in [2.24, 2.45) is 0 Å². The van der Waals surface area contributed by atoms with Gasteiger partial charge in [-0.15, -0.1) is 0 Å². The third kappa shape index (κ3) is 4.96. The molecule has 0 fully saturated rings. The fraction of sp³-hybridized carbons (Fsp3) is 0.0625. The molecule has 1 aromatic heterocycles. The van der Waals surface area contributed by atoms with Crippen LogP contribution in [0.3, 0.4) is 0 Å². The Labute approximate surface area is 384 Å². The molecule has 11 aromatic rings. The molecule has 0 amide bonds. The van der Waals surface area contributed by atoms with Gasteiger partial charge in [-0.25, -0.2) is 0 Å². The molecule has 0 aliphatic heterocycles. The van der Waals surface area contributed by atoms with E-state index < -0.39 is 5.41 Å². The van der Waals surface area contributed by atoms with Gasteiger partial charge >= 0.3 is 0 Å². The molecule has 66 heavy (non-hydrogen) atoms. The highest BCUT2D eigenvalue weighted by atomic mass is 16.3. The molecule has 0 saturated carbocycles. The molecule has 14 rings (SSSR count). The van der Waals surface area contributed by atoms with Crippen molar-refractivity contribution in [2.45, 2.75) is 24.7 Å². The highest BCUT2D eigenvalue weighted by Crippen LogP contribution is 2.65. The lowest BCUT2D eigenvalue weighted by Crippen LogP contribution is -2.25. The number of hydrogen-bond acceptors (Lipinski definition) is 2. The van der Waals surface area contributed by atoms with E-state index in [9.17, 15) is 0 Å². The average molecular weight is 842 g/mol. The Morgan fingerprint density at radius 2 is 0.864 bits per heavy atom. The molecule has 0 bridgehead atoms. The molecule has 0 radical (unpaired) electrons. The zero-order chi connectivity index (χ0) is 43.7. The van der Waals surface area contributed by atoms with Crippen molar-refractivity contribution in [2.75, 3.05) is 4.90 Å². The van der Waals surface area contributed by atoms with Crippen LogP contribution < -0.4 is 4.90 Å². The van der Waals surface area contributed by atoms with Crippen molar-refractivity contribution >= 4 is 39.0 Å². The molecule has 3 aliphatic carbocycles. The maximum atomic E-state index is 6.79. The third-order valence-electron chi connectivity index (χ3n) is 15.1. The van der Waals surface area contributed by atoms with E-state index in [4.69, 9.17) is 4.42 Å². The summed E-state index contributed by atoms with van der Waals surface area (Å²) >= 11 is 0. The average Bonchev–Trinajstić information content (AvgIpc) is 4.07. The van der Waals surface area contributed by atoms with E-state index in [2.05, 4.69) is 243 Å². The van der Waals surface area contributed by atoms with Gasteiger partial charge in [0.2, 0.25) is 0 Å². The van der Waals surface area contributed by atoms with Crippen molar-refractivity contribution in [1.82, 2.24) is 0 Å². The summed E-state index contributed by atoms with van der Waals surface area (Å²) in [4.78, 5) is 2.42. The van der Waals surface area contributed by atoms with Crippen LogP contribution in [0.25, 0.3) is 77.6 Å². The van der Waals surface area contributed by atoms with Crippen molar-refractivity contribution in [3.8, 4) is 55.6 Å². The van der Waals surface area contributed by atoms with Gasteiger partial charge in [-0.05, 0) is 126 Å². The van der Waals surface area contributed by atoms with Gasteiger partial charge in [0.05, 0.1) is 5.41 Å². The molecule has 0 N–H and O–H groups in total. The summed E-state index contributed by atoms with van der Waals surface area (Å²) < 4.78 is 6.79. The minimum absolute atomic E-state index is 0.117. The van der Waals surface area contributed by atoms with Gasteiger partial charge in [0.25, 0.3) is 0 Å². The largest absolute Gasteiger partial charge is 0.455 e. The normalized spacial score (nSPS) is 15.6. The van der Waals surface area contributed by atoms with Gasteiger partial charge in [0.1, 0.15) is 11.2 Å². The predicted molar refractivity (Wildman–Crippen MR) is 273 cm³/mol. The van der Waals surface area contributed by atoms with Gasteiger partial charge < -0.3 is 9.32 Å². The van der Waals surface area contributed by atoms with E-state index in [0.29, 0.717) is 0 Å². The summed E-state index contributed by atoms with van der Waals surface area (Å²) in [5.74, 6) is 0. The number of fused-ring (bicyclic) bond motifs is 17. The van der Waals surface area contributed by atoms with Crippen LogP contribution in [-0.2, 0) is 10.8 Å². The first-order chi connectivity index (χ1) is 32.5. The lowest BCUT2D eigenvalue weighted by molar-refractivity contribution is 0.660. The summed E-state index contributed by atoms with van der Waals surface area (Å²) in [7, 11) is 0. The summed E-state index contributed by atoms with van der Waals surface area (Å²) in [6.45, 7) is 4.72. The van der Waals surface area contributed by atoms with Crippen LogP contribution in [0.15, 0.2) is 229 Å². The third-order valence-corrected chi connectivity index (χ3v) is 15.1. The Morgan fingerprint density at radius 3 is 1.61 bits per heavy atom. The number of nitrogens with zero attached hydrogens (tertiary/aromatic N) is 1. The SMILES string of the molecule is CC1(C)c2ccccc2-c2ccc(N(c3ccc(-c4ccccc4)cc3)c3ccc(-c4cccc5c4-c4ccccc4C54c5ccccc5-c5c4ccc4c5oc5ccccc54)cc3)cc21. The quantitative estimate of drug-likeness (QED) is 0.172. The Morgan fingerprint density at radius 1 is 0.333 bits per heavy atom. The lowest BCUT2D eigenvalue weighted by Gasteiger charge is -2.30. The zero-order valence-corrected chi connectivity index (χ0v) is 36.7. The predicted octanol–water partition coefficient (Wildman–Crippen LogP) is 17.0. The van der Waals surface area contributed by atoms with Crippen LogP contribution in [0.5, 0.6) is 0 Å². The molecule has 3 aliphatic rings. The highest BCUT2D eigenvalue weighted by molar-refractivity contribution is 6.13. The van der Waals surface area contributed by atoms with Crippen LogP contribution >= 0.6 is 0 Å². The first kappa shape index (κ1) is 37.2. The van der Waals surface area contributed by atoms with Gasteiger partial charge in [0, 0.05) is 38.8 Å². The van der Waals surface area contributed by atoms with Gasteiger partial charge in [-0.1, -0.05) is 196 Å². The van der Waals surface area contributed by atoms with E-state index in [1.807, 2.05) is 0 Å². The monoisotopic (exact) mass is 841 g/mol. The Hall–Kier alpha value is -8.20. The Balaban J connectivity index is 0.927. The standard InChI is InChI=1S/C64H43NO/c1-63(2)53-22-10-6-17-47(53)48-36-35-45(39-58(48)63)65(43-31-27-41(28-32-43)40-15-4-3-5-16-40)44-33-29-42(30-34-44)46-21-14-25-56-60(46)51-19-7-11-23-54(51)64(56)55-24-12-8-20-52(55)61-57(64)38-37-50-49-18-9-13-26-59(49)66-62(50)61/h3-39H,1-2H3. The van der Waals surface area contributed by atoms with Gasteiger partial charge in [-0.2, -0.15) is 0 Å². The Bertz CT molecular complexity index is 3780. The van der Waals surface area contributed by atoms with Gasteiger partial charge in [-0.3, -0.25) is 0 Å². The molecule has 310 valence electrons. The van der Waals surface area contributed by atoms with Crippen LogP contribution in [-0.4, -0.2) is 0 Å². The van der Waals surface area contributed by atoms with E-state index >= 15 is 0 Å². The van der Waals surface area contributed by atoms with Gasteiger partial charge in [0.15, 0.2) is 0 Å². The smallest absolute Gasteiger partial charge is 0.143 e. The van der Waals surface area contributed by atoms with E-state index in [1.165, 1.54) is 89.0 Å². The molecular weight excluding hydrogens is 799 g/mol. The summed E-state index contributed by atoms with van der Waals surface area (Å²) in [6.07, 6.45) is 0. The zero-order valence-electron chi connectivity index (χ0n) is 36.7. The Kier molecular flexibility index (Phi) is 7.70. The number of benzene rings is 10. The minimum atomic E-state index is -0.495. The van der Waals surface area contributed by atoms with Crippen molar-refractivity contribution in [3.05, 3.63) is 258 Å². The maximum Gasteiger partial charge on any atom is 0.143 e. The lowest BCUT2D eigenvalue weighted by atomic mass is 9.70. The fourth-order valence-electron chi connectivity index (χ4n) is 12.2. The number of furan rings is 1. The molecule has 2 heteroatoms. The van der Waals surface area contributed by atoms with Crippen molar-refractivity contribution in [3.63, 3.8) is 0 Å². The second-order valence-electron chi connectivity index (χ2n) is 18.7. The minimum Gasteiger partial charge on any atom is -0.455 e. The number of hydrogen-bond donors (Lipinski definition) is 0. The van der Waals surface area contributed by atoms with Crippen LogP contribution in [0.4, 0.5) is 17.1 Å². The molecular formula is C64H43NO. The highest BCUT2D eigenvalue weighted by Gasteiger charge is 2.53. The second-order valence-corrected chi connectivity index (χ2v) is 18.7. The van der Waals surface area contributed by atoms with Crippen LogP contribution in [0.2, 0.25) is 0 Å². The topological polar surface area (TPSA) is 16.4 Å². The molecule has 1 unspecified atom stereocenters. The summed E-state index contributed by atoms with van der Waals surface area (Å²) in [6, 6.07) is 83.0. The number of para-hydroxylation sites is 1. The summed E-state index contributed by atoms with van der Waals surface area (Å²) in [5.41, 5.74) is 25.1. The molecule has 10 aromatic carbocycles. The molecule has 1 heterocycles. The van der Waals surface area contributed by atoms with Crippen LogP contribution in [0.1, 0.15) is 47.2 Å². The van der Waals surface area contributed by atoms with E-state index in [-0.39, 0.29) is 5.41 Å². The maximum absolute atomic E-state index is 6.79. The first-order valence-corrected chi connectivity index (χ1v) is 23.1. The summed E-state index contributed by atoms with van der Waals surface area (Å²) in [5, 5.41) is 2.31. The molecule has 0 saturated heterocycles. The number of rotatable bonds is 5. The fourth-order valence-corrected chi connectivity index (χ4v) is 12.2. The van der Waals surface area contributed by atoms with Crippen molar-refractivity contribution < 1.29 is 4.42 Å². The van der Waals surface area contributed by atoms with Crippen molar-refractivity contribution in [1.29, 1.82) is 0 Å².